The van der Waals surface area contributed by atoms with Crippen LogP contribution in [0.15, 0.2) is 72.8 Å². The zero-order chi connectivity index (χ0) is 23.5. The quantitative estimate of drug-likeness (QED) is 0.409. The van der Waals surface area contributed by atoms with Crippen LogP contribution in [0.4, 0.5) is 8.78 Å². The van der Waals surface area contributed by atoms with Gasteiger partial charge in [-0.15, -0.1) is 6.58 Å². The van der Waals surface area contributed by atoms with Gasteiger partial charge in [0.05, 0.1) is 6.04 Å². The second-order valence-electron chi connectivity index (χ2n) is 9.53. The van der Waals surface area contributed by atoms with Gasteiger partial charge in [-0.05, 0) is 68.7 Å². The molecule has 1 unspecified atom stereocenters. The van der Waals surface area contributed by atoms with Crippen molar-refractivity contribution in [1.82, 2.24) is 5.32 Å². The Morgan fingerprint density at radius 3 is 2.48 bits per heavy atom. The molecule has 2 aliphatic rings. The average molecular weight is 450 g/mol. The van der Waals surface area contributed by atoms with Crippen LogP contribution in [0.25, 0.3) is 0 Å². The number of allylic oxidation sites excluding steroid dienone is 2. The van der Waals surface area contributed by atoms with E-state index in [1.165, 1.54) is 42.7 Å². The smallest absolute Gasteiger partial charge is 0.276 e. The van der Waals surface area contributed by atoms with Crippen molar-refractivity contribution in [2.45, 2.75) is 70.3 Å². The largest absolute Gasteiger partial charge is 0.344 e. The maximum absolute atomic E-state index is 14.3. The first-order valence-electron chi connectivity index (χ1n) is 12.0. The van der Waals surface area contributed by atoms with Gasteiger partial charge in [-0.1, -0.05) is 60.5 Å². The number of hydrogen-bond donors (Lipinski definition) is 1. The molecular weight excluding hydrogens is 416 g/mol. The van der Waals surface area contributed by atoms with E-state index in [-0.39, 0.29) is 22.9 Å². The molecule has 2 aromatic carbocycles. The number of nitrogens with one attached hydrogen (secondary N) is 1. The van der Waals surface area contributed by atoms with Crippen molar-refractivity contribution in [3.63, 3.8) is 0 Å². The standard InChI is InChI=1S/C29H33F2NO/c1-3-17-29(30,31)24-15-16-25(21(2)20-24)27(33)32-26(22-11-6-4-7-12-22)28(18-10-19-28)23-13-8-5-9-14-23/h3-4,6-7,11-13,15-16,20,26H,1,5,8-10,14,17-19H2,2H3,(H,32,33). The maximum Gasteiger partial charge on any atom is 0.276 e. The van der Waals surface area contributed by atoms with Crippen LogP contribution in [-0.2, 0) is 5.92 Å². The summed E-state index contributed by atoms with van der Waals surface area (Å²) >= 11 is 0. The van der Waals surface area contributed by atoms with Crippen LogP contribution in [0.3, 0.4) is 0 Å². The van der Waals surface area contributed by atoms with Gasteiger partial charge >= 0.3 is 0 Å². The number of halogens is 2. The van der Waals surface area contributed by atoms with E-state index in [1.807, 2.05) is 18.2 Å². The first kappa shape index (κ1) is 23.4. The lowest BCUT2D eigenvalue weighted by Gasteiger charge is -2.51. The molecule has 2 aliphatic carbocycles. The van der Waals surface area contributed by atoms with E-state index in [0.717, 1.165) is 37.7 Å². The lowest BCUT2D eigenvalue weighted by molar-refractivity contribution is -0.000945. The van der Waals surface area contributed by atoms with Crippen LogP contribution < -0.4 is 5.32 Å². The molecule has 33 heavy (non-hydrogen) atoms. The molecular formula is C29H33F2NO. The summed E-state index contributed by atoms with van der Waals surface area (Å²) in [4.78, 5) is 13.5. The van der Waals surface area contributed by atoms with Gasteiger partial charge < -0.3 is 5.32 Å². The second kappa shape index (κ2) is 9.62. The molecule has 1 N–H and O–H groups in total. The third-order valence-corrected chi connectivity index (χ3v) is 7.43. The number of alkyl halides is 2. The predicted octanol–water partition coefficient (Wildman–Crippen LogP) is 7.80. The number of aryl methyl sites for hydroxylation is 1. The molecule has 1 fully saturated rings. The lowest BCUT2D eigenvalue weighted by atomic mass is 9.56. The van der Waals surface area contributed by atoms with Crippen molar-refractivity contribution in [2.75, 3.05) is 0 Å². The summed E-state index contributed by atoms with van der Waals surface area (Å²) in [6, 6.07) is 14.4. The highest BCUT2D eigenvalue weighted by Crippen LogP contribution is 2.57. The van der Waals surface area contributed by atoms with Gasteiger partial charge in [0, 0.05) is 23.0 Å². The number of benzene rings is 2. The zero-order valence-electron chi connectivity index (χ0n) is 19.4. The molecule has 2 nitrogen and oxygen atoms in total. The first-order valence-corrected chi connectivity index (χ1v) is 12.0. The molecule has 0 heterocycles. The van der Waals surface area contributed by atoms with Crippen LogP contribution >= 0.6 is 0 Å². The highest BCUT2D eigenvalue weighted by atomic mass is 19.3. The van der Waals surface area contributed by atoms with Gasteiger partial charge in [0.15, 0.2) is 0 Å². The van der Waals surface area contributed by atoms with Crippen molar-refractivity contribution in [3.8, 4) is 0 Å². The second-order valence-corrected chi connectivity index (χ2v) is 9.53. The summed E-state index contributed by atoms with van der Waals surface area (Å²) in [5, 5.41) is 3.33. The highest BCUT2D eigenvalue weighted by molar-refractivity contribution is 5.96. The van der Waals surface area contributed by atoms with E-state index in [0.29, 0.717) is 11.1 Å². The van der Waals surface area contributed by atoms with E-state index in [4.69, 9.17) is 0 Å². The Balaban J connectivity index is 1.65. The molecule has 174 valence electrons. The molecule has 0 aromatic heterocycles. The third kappa shape index (κ3) is 4.66. The molecule has 1 amide bonds. The summed E-state index contributed by atoms with van der Waals surface area (Å²) in [5.74, 6) is -3.19. The monoisotopic (exact) mass is 449 g/mol. The van der Waals surface area contributed by atoms with Crippen molar-refractivity contribution < 1.29 is 13.6 Å². The molecule has 4 heteroatoms. The van der Waals surface area contributed by atoms with Gasteiger partial charge in [-0.2, -0.15) is 0 Å². The van der Waals surface area contributed by atoms with Crippen LogP contribution in [0.1, 0.15) is 84.5 Å². The van der Waals surface area contributed by atoms with Gasteiger partial charge in [0.25, 0.3) is 11.8 Å². The van der Waals surface area contributed by atoms with Crippen molar-refractivity contribution in [3.05, 3.63) is 95.1 Å². The average Bonchev–Trinajstić information content (AvgIpc) is 2.79. The van der Waals surface area contributed by atoms with Gasteiger partial charge in [-0.3, -0.25) is 4.79 Å². The van der Waals surface area contributed by atoms with E-state index >= 15 is 0 Å². The topological polar surface area (TPSA) is 29.1 Å². The number of carbonyl (C=O) groups excluding carboxylic acids is 1. The Hall–Kier alpha value is -2.75. The molecule has 1 atom stereocenters. The van der Waals surface area contributed by atoms with E-state index in [9.17, 15) is 13.6 Å². The Labute approximate surface area is 195 Å². The fraction of sp³-hybridized carbons (Fsp3) is 0.414. The zero-order valence-corrected chi connectivity index (χ0v) is 19.4. The van der Waals surface area contributed by atoms with Gasteiger partial charge in [-0.25, -0.2) is 8.78 Å². The van der Waals surface area contributed by atoms with E-state index in [1.54, 1.807) is 6.92 Å². The summed E-state index contributed by atoms with van der Waals surface area (Å²) in [7, 11) is 0. The molecule has 0 radical (unpaired) electrons. The van der Waals surface area contributed by atoms with Crippen LogP contribution in [0.2, 0.25) is 0 Å². The molecule has 0 bridgehead atoms. The summed E-state index contributed by atoms with van der Waals surface area (Å²) in [5.41, 5.74) is 3.44. The molecule has 0 saturated heterocycles. The minimum Gasteiger partial charge on any atom is -0.344 e. The van der Waals surface area contributed by atoms with Crippen LogP contribution in [-0.4, -0.2) is 5.91 Å². The fourth-order valence-electron chi connectivity index (χ4n) is 5.48. The maximum atomic E-state index is 14.3. The fourth-order valence-corrected chi connectivity index (χ4v) is 5.48. The van der Waals surface area contributed by atoms with Crippen molar-refractivity contribution in [2.24, 2.45) is 5.41 Å². The minimum atomic E-state index is -2.99. The lowest BCUT2D eigenvalue weighted by Crippen LogP contribution is -2.47. The van der Waals surface area contributed by atoms with E-state index < -0.39 is 12.3 Å². The van der Waals surface area contributed by atoms with Crippen LogP contribution in [0, 0.1) is 12.3 Å². The van der Waals surface area contributed by atoms with Gasteiger partial charge in [0.2, 0.25) is 0 Å². The third-order valence-electron chi connectivity index (χ3n) is 7.43. The number of carbonyl (C=O) groups is 1. The summed E-state index contributed by atoms with van der Waals surface area (Å²) < 4.78 is 28.7. The number of amides is 1. The minimum absolute atomic E-state index is 0.0533. The predicted molar refractivity (Wildman–Crippen MR) is 129 cm³/mol. The first-order chi connectivity index (χ1) is 15.9. The Morgan fingerprint density at radius 1 is 1.15 bits per heavy atom. The molecule has 2 aromatic rings. The SMILES string of the molecule is C=CCC(F)(F)c1ccc(C(=O)NC(c2ccccc2)C2(C3=CCCCC3)CCC2)c(C)c1. The molecule has 1 saturated carbocycles. The Bertz CT molecular complexity index is 1040. The number of hydrogen-bond acceptors (Lipinski definition) is 1. The number of rotatable bonds is 8. The normalized spacial score (nSPS) is 18.6. The molecule has 4 rings (SSSR count). The van der Waals surface area contributed by atoms with Crippen molar-refractivity contribution in [1.29, 1.82) is 0 Å². The summed E-state index contributed by atoms with van der Waals surface area (Å²) in [6.07, 6.45) is 11.1. The Kier molecular flexibility index (Phi) is 6.83. The van der Waals surface area contributed by atoms with Gasteiger partial charge in [0.1, 0.15) is 0 Å². The molecule has 0 spiro atoms. The summed E-state index contributed by atoms with van der Waals surface area (Å²) in [6.45, 7) is 5.15. The highest BCUT2D eigenvalue weighted by Gasteiger charge is 2.48. The van der Waals surface area contributed by atoms with Crippen molar-refractivity contribution >= 4 is 5.91 Å². The Morgan fingerprint density at radius 2 is 1.91 bits per heavy atom. The molecule has 0 aliphatic heterocycles. The van der Waals surface area contributed by atoms with Crippen LogP contribution in [0.5, 0.6) is 0 Å². The van der Waals surface area contributed by atoms with E-state index in [2.05, 4.69) is 30.1 Å².